The SMILES string of the molecule is CN1C[C@H](C(=O)N(C)Cc2cscn2)CC[C@H](N(C)C)C1. The van der Waals surface area contributed by atoms with Crippen LogP contribution in [0.1, 0.15) is 18.5 Å². The lowest BCUT2D eigenvalue weighted by Crippen LogP contribution is -2.39. The molecule has 118 valence electrons. The molecule has 1 fully saturated rings. The number of thiazole rings is 1. The fourth-order valence-electron chi connectivity index (χ4n) is 2.96. The highest BCUT2D eigenvalue weighted by Crippen LogP contribution is 2.20. The summed E-state index contributed by atoms with van der Waals surface area (Å²) in [5.41, 5.74) is 2.79. The summed E-state index contributed by atoms with van der Waals surface area (Å²) in [6, 6.07) is 0.539. The lowest BCUT2D eigenvalue weighted by molar-refractivity contribution is -0.135. The molecular weight excluding hydrogens is 284 g/mol. The molecule has 0 aromatic carbocycles. The van der Waals surface area contributed by atoms with E-state index in [1.807, 2.05) is 22.8 Å². The second-order valence-electron chi connectivity index (χ2n) is 6.29. The summed E-state index contributed by atoms with van der Waals surface area (Å²) in [6.45, 7) is 2.50. The first-order valence-electron chi connectivity index (χ1n) is 7.44. The van der Waals surface area contributed by atoms with Gasteiger partial charge in [-0.05, 0) is 34.0 Å². The Morgan fingerprint density at radius 2 is 2.14 bits per heavy atom. The van der Waals surface area contributed by atoms with E-state index in [0.29, 0.717) is 12.6 Å². The Bertz CT molecular complexity index is 449. The van der Waals surface area contributed by atoms with Gasteiger partial charge in [0.15, 0.2) is 0 Å². The number of amides is 1. The molecule has 21 heavy (non-hydrogen) atoms. The highest BCUT2D eigenvalue weighted by molar-refractivity contribution is 7.07. The Labute approximate surface area is 131 Å². The van der Waals surface area contributed by atoms with Gasteiger partial charge in [-0.15, -0.1) is 11.3 Å². The molecule has 1 saturated heterocycles. The summed E-state index contributed by atoms with van der Waals surface area (Å²) >= 11 is 1.57. The lowest BCUT2D eigenvalue weighted by atomic mass is 10.00. The van der Waals surface area contributed by atoms with Crippen molar-refractivity contribution in [3.8, 4) is 0 Å². The molecule has 0 N–H and O–H groups in total. The third-order valence-corrected chi connectivity index (χ3v) is 4.88. The van der Waals surface area contributed by atoms with Crippen molar-refractivity contribution in [3.63, 3.8) is 0 Å². The molecule has 0 spiro atoms. The molecule has 2 rings (SSSR count). The average molecular weight is 310 g/mol. The van der Waals surface area contributed by atoms with Crippen LogP contribution in [-0.2, 0) is 11.3 Å². The predicted molar refractivity (Wildman–Crippen MR) is 86.3 cm³/mol. The van der Waals surface area contributed by atoms with E-state index in [0.717, 1.165) is 31.6 Å². The van der Waals surface area contributed by atoms with E-state index in [9.17, 15) is 4.79 Å². The van der Waals surface area contributed by atoms with Crippen LogP contribution >= 0.6 is 11.3 Å². The van der Waals surface area contributed by atoms with Gasteiger partial charge in [0.2, 0.25) is 5.91 Å². The number of carbonyl (C=O) groups excluding carboxylic acids is 1. The van der Waals surface area contributed by atoms with Crippen LogP contribution in [0.3, 0.4) is 0 Å². The zero-order chi connectivity index (χ0) is 15.4. The van der Waals surface area contributed by atoms with Crippen LogP contribution in [0.4, 0.5) is 0 Å². The predicted octanol–water partition coefficient (Wildman–Crippen LogP) is 1.37. The zero-order valence-electron chi connectivity index (χ0n) is 13.5. The van der Waals surface area contributed by atoms with Crippen molar-refractivity contribution in [3.05, 3.63) is 16.6 Å². The first kappa shape index (κ1) is 16.4. The smallest absolute Gasteiger partial charge is 0.227 e. The number of likely N-dealkylation sites (tertiary alicyclic amines) is 1. The molecule has 1 aliphatic rings. The Kier molecular flexibility index (Phi) is 5.72. The molecule has 0 radical (unpaired) electrons. The first-order valence-corrected chi connectivity index (χ1v) is 8.38. The quantitative estimate of drug-likeness (QED) is 0.842. The fourth-order valence-corrected chi connectivity index (χ4v) is 3.51. The largest absolute Gasteiger partial charge is 0.340 e. The van der Waals surface area contributed by atoms with Crippen LogP contribution in [0, 0.1) is 5.92 Å². The summed E-state index contributed by atoms with van der Waals surface area (Å²) in [4.78, 5) is 23.3. The van der Waals surface area contributed by atoms with E-state index < -0.39 is 0 Å². The van der Waals surface area contributed by atoms with Crippen LogP contribution in [0.25, 0.3) is 0 Å². The lowest BCUT2D eigenvalue weighted by Gasteiger charge is -2.26. The van der Waals surface area contributed by atoms with Crippen molar-refractivity contribution in [1.29, 1.82) is 0 Å². The number of rotatable bonds is 4. The molecule has 2 atom stereocenters. The minimum atomic E-state index is 0.101. The van der Waals surface area contributed by atoms with Gasteiger partial charge in [-0.25, -0.2) is 4.98 Å². The van der Waals surface area contributed by atoms with Crippen LogP contribution in [0.5, 0.6) is 0 Å². The molecule has 0 saturated carbocycles. The van der Waals surface area contributed by atoms with Crippen LogP contribution < -0.4 is 0 Å². The van der Waals surface area contributed by atoms with Crippen molar-refractivity contribution >= 4 is 17.2 Å². The molecule has 0 aliphatic carbocycles. The van der Waals surface area contributed by atoms with E-state index in [4.69, 9.17) is 0 Å². The van der Waals surface area contributed by atoms with Gasteiger partial charge in [-0.2, -0.15) is 0 Å². The molecule has 5 nitrogen and oxygen atoms in total. The minimum Gasteiger partial charge on any atom is -0.340 e. The number of carbonyl (C=O) groups is 1. The van der Waals surface area contributed by atoms with E-state index in [2.05, 4.69) is 35.9 Å². The van der Waals surface area contributed by atoms with Gasteiger partial charge in [0, 0.05) is 31.6 Å². The topological polar surface area (TPSA) is 39.7 Å². The van der Waals surface area contributed by atoms with Crippen LogP contribution in [0.2, 0.25) is 0 Å². The molecule has 1 aromatic heterocycles. The van der Waals surface area contributed by atoms with Crippen molar-refractivity contribution < 1.29 is 4.79 Å². The van der Waals surface area contributed by atoms with Crippen molar-refractivity contribution in [2.24, 2.45) is 5.92 Å². The number of hydrogen-bond acceptors (Lipinski definition) is 5. The standard InChI is InChI=1S/C15H26N4OS/c1-17(2)14-6-5-12(7-18(3)9-14)15(20)19(4)8-13-10-21-11-16-13/h10-12,14H,5-9H2,1-4H3/t12-,14+/m1/s1. The van der Waals surface area contributed by atoms with Crippen molar-refractivity contribution in [2.45, 2.75) is 25.4 Å². The average Bonchev–Trinajstić information content (AvgIpc) is 2.85. The second kappa shape index (κ2) is 7.33. The third kappa shape index (κ3) is 4.49. The molecule has 0 unspecified atom stereocenters. The van der Waals surface area contributed by atoms with Crippen LogP contribution in [-0.4, -0.2) is 72.9 Å². The maximum absolute atomic E-state index is 12.7. The van der Waals surface area contributed by atoms with Gasteiger partial charge in [0.05, 0.1) is 23.7 Å². The Morgan fingerprint density at radius 1 is 1.38 bits per heavy atom. The molecule has 1 amide bonds. The van der Waals surface area contributed by atoms with Gasteiger partial charge in [0.25, 0.3) is 0 Å². The van der Waals surface area contributed by atoms with E-state index >= 15 is 0 Å². The number of aromatic nitrogens is 1. The summed E-state index contributed by atoms with van der Waals surface area (Å²) in [6.07, 6.45) is 2.05. The maximum atomic E-state index is 12.7. The minimum absolute atomic E-state index is 0.101. The van der Waals surface area contributed by atoms with Gasteiger partial charge < -0.3 is 14.7 Å². The molecule has 2 heterocycles. The highest BCUT2D eigenvalue weighted by Gasteiger charge is 2.29. The fraction of sp³-hybridized carbons (Fsp3) is 0.733. The van der Waals surface area contributed by atoms with E-state index in [-0.39, 0.29) is 11.8 Å². The van der Waals surface area contributed by atoms with Gasteiger partial charge in [0.1, 0.15) is 0 Å². The monoisotopic (exact) mass is 310 g/mol. The number of nitrogens with zero attached hydrogens (tertiary/aromatic N) is 4. The molecule has 0 bridgehead atoms. The normalized spacial score (nSPS) is 24.0. The summed E-state index contributed by atoms with van der Waals surface area (Å²) < 4.78 is 0. The number of likely N-dealkylation sites (N-methyl/N-ethyl adjacent to an activating group) is 2. The highest BCUT2D eigenvalue weighted by atomic mass is 32.1. The molecular formula is C15H26N4OS. The van der Waals surface area contributed by atoms with Gasteiger partial charge in [-0.3, -0.25) is 4.79 Å². The zero-order valence-corrected chi connectivity index (χ0v) is 14.3. The maximum Gasteiger partial charge on any atom is 0.227 e. The third-order valence-electron chi connectivity index (χ3n) is 4.24. The second-order valence-corrected chi connectivity index (χ2v) is 7.01. The Hall–Kier alpha value is -0.980. The summed E-state index contributed by atoms with van der Waals surface area (Å²) in [5.74, 6) is 0.345. The summed E-state index contributed by atoms with van der Waals surface area (Å²) in [5, 5.41) is 2.01. The Balaban J connectivity index is 1.95. The van der Waals surface area contributed by atoms with Gasteiger partial charge >= 0.3 is 0 Å². The first-order chi connectivity index (χ1) is 9.97. The van der Waals surface area contributed by atoms with Crippen LogP contribution in [0.15, 0.2) is 10.9 Å². The van der Waals surface area contributed by atoms with E-state index in [1.54, 1.807) is 11.3 Å². The summed E-state index contributed by atoms with van der Waals surface area (Å²) in [7, 11) is 8.24. The van der Waals surface area contributed by atoms with Crippen molar-refractivity contribution in [2.75, 3.05) is 41.3 Å². The van der Waals surface area contributed by atoms with Crippen molar-refractivity contribution in [1.82, 2.24) is 19.7 Å². The molecule has 6 heteroatoms. The molecule has 1 aliphatic heterocycles. The number of hydrogen-bond donors (Lipinski definition) is 0. The van der Waals surface area contributed by atoms with E-state index in [1.165, 1.54) is 0 Å². The Morgan fingerprint density at radius 3 is 2.76 bits per heavy atom. The van der Waals surface area contributed by atoms with Gasteiger partial charge in [-0.1, -0.05) is 0 Å². The molecule has 1 aromatic rings.